The van der Waals surface area contributed by atoms with Gasteiger partial charge in [0.25, 0.3) is 0 Å². The van der Waals surface area contributed by atoms with E-state index < -0.39 is 18.4 Å². The Morgan fingerprint density at radius 2 is 1.96 bits per heavy atom. The van der Waals surface area contributed by atoms with E-state index >= 15 is 0 Å². The van der Waals surface area contributed by atoms with Crippen molar-refractivity contribution in [3.05, 3.63) is 24.3 Å². The van der Waals surface area contributed by atoms with E-state index in [0.29, 0.717) is 18.5 Å². The van der Waals surface area contributed by atoms with Crippen LogP contribution >= 0.6 is 0 Å². The Morgan fingerprint density at radius 3 is 2.50 bits per heavy atom. The minimum absolute atomic E-state index is 0.0746. The number of benzene rings is 1. The van der Waals surface area contributed by atoms with Crippen molar-refractivity contribution in [1.29, 1.82) is 0 Å². The molecule has 1 aromatic rings. The Labute approximate surface area is 135 Å². The van der Waals surface area contributed by atoms with Crippen molar-refractivity contribution >= 4 is 17.6 Å². The number of ether oxygens (including phenoxy) is 2. The summed E-state index contributed by atoms with van der Waals surface area (Å²) in [5.41, 5.74) is 11.3. The molecule has 24 heavy (non-hydrogen) atoms. The lowest BCUT2D eigenvalue weighted by Crippen LogP contribution is -2.29. The molecule has 1 aliphatic heterocycles. The third kappa shape index (κ3) is 5.61. The number of carbonyl (C=O) groups is 1. The van der Waals surface area contributed by atoms with Crippen molar-refractivity contribution in [2.45, 2.75) is 31.4 Å². The first-order valence-corrected chi connectivity index (χ1v) is 7.10. The summed E-state index contributed by atoms with van der Waals surface area (Å²) in [5, 5.41) is 2.73. The molecule has 1 heterocycles. The van der Waals surface area contributed by atoms with Crippen molar-refractivity contribution in [2.75, 3.05) is 11.9 Å². The molecule has 1 amide bonds. The molecule has 2 atom stereocenters. The summed E-state index contributed by atoms with van der Waals surface area (Å²) in [6.45, 7) is 0.248. The van der Waals surface area contributed by atoms with Crippen LogP contribution in [0.2, 0.25) is 0 Å². The monoisotopic (exact) mass is 346 g/mol. The lowest BCUT2D eigenvalue weighted by atomic mass is 10.2. The van der Waals surface area contributed by atoms with E-state index in [1.54, 1.807) is 0 Å². The molecule has 0 radical (unpaired) electrons. The molecule has 5 N–H and O–H groups in total. The summed E-state index contributed by atoms with van der Waals surface area (Å²) in [6, 6.07) is 5.05. The highest BCUT2D eigenvalue weighted by molar-refractivity contribution is 5.92. The Morgan fingerprint density at radius 1 is 1.29 bits per heavy atom. The number of primary amides is 1. The highest BCUT2D eigenvalue weighted by atomic mass is 19.4. The Bertz CT molecular complexity index is 604. The quantitative estimate of drug-likeness (QED) is 0.550. The topological polar surface area (TPSA) is 112 Å². The van der Waals surface area contributed by atoms with Crippen LogP contribution in [0, 0.1) is 0 Å². The SMILES string of the molecule is NC(=O)C1CCC(CN=C(N)Nc2ccc(OC(F)(F)F)cc2)O1. The molecule has 132 valence electrons. The number of carbonyl (C=O) groups excluding carboxylic acids is 1. The summed E-state index contributed by atoms with van der Waals surface area (Å²) >= 11 is 0. The van der Waals surface area contributed by atoms with Crippen LogP contribution in [0.25, 0.3) is 0 Å². The first-order chi connectivity index (χ1) is 11.2. The van der Waals surface area contributed by atoms with E-state index in [0.717, 1.165) is 12.1 Å². The molecule has 2 rings (SSSR count). The third-order valence-corrected chi connectivity index (χ3v) is 3.25. The Hall–Kier alpha value is -2.49. The third-order valence-electron chi connectivity index (χ3n) is 3.25. The fraction of sp³-hybridized carbons (Fsp3) is 0.429. The van der Waals surface area contributed by atoms with E-state index in [-0.39, 0.29) is 24.4 Å². The van der Waals surface area contributed by atoms with Gasteiger partial charge in [0.05, 0.1) is 12.6 Å². The lowest BCUT2D eigenvalue weighted by molar-refractivity contribution is -0.274. The number of nitrogens with two attached hydrogens (primary N) is 2. The largest absolute Gasteiger partial charge is 0.573 e. The van der Waals surface area contributed by atoms with Crippen LogP contribution in [0.4, 0.5) is 18.9 Å². The molecule has 0 bridgehead atoms. The number of alkyl halides is 3. The van der Waals surface area contributed by atoms with Crippen molar-refractivity contribution in [1.82, 2.24) is 0 Å². The number of halogens is 3. The van der Waals surface area contributed by atoms with Crippen molar-refractivity contribution < 1.29 is 27.4 Å². The molecule has 0 saturated carbocycles. The van der Waals surface area contributed by atoms with Gasteiger partial charge in [0.1, 0.15) is 11.9 Å². The van der Waals surface area contributed by atoms with Crippen molar-refractivity contribution in [3.63, 3.8) is 0 Å². The number of hydrogen-bond donors (Lipinski definition) is 3. The van der Waals surface area contributed by atoms with Crippen LogP contribution < -0.4 is 21.5 Å². The van der Waals surface area contributed by atoms with Crippen LogP contribution in [0.1, 0.15) is 12.8 Å². The Balaban J connectivity index is 1.83. The van der Waals surface area contributed by atoms with Gasteiger partial charge in [0.15, 0.2) is 5.96 Å². The fourth-order valence-corrected chi connectivity index (χ4v) is 2.18. The van der Waals surface area contributed by atoms with Gasteiger partial charge >= 0.3 is 6.36 Å². The van der Waals surface area contributed by atoms with Gasteiger partial charge in [-0.05, 0) is 37.1 Å². The van der Waals surface area contributed by atoms with E-state index in [4.69, 9.17) is 16.2 Å². The van der Waals surface area contributed by atoms with Crippen molar-refractivity contribution in [3.8, 4) is 5.75 Å². The molecule has 2 unspecified atom stereocenters. The number of hydrogen-bond acceptors (Lipinski definition) is 4. The standard InChI is InChI=1S/C14H17F3N4O3/c15-14(16,17)24-9-3-1-8(2-4-9)21-13(19)20-7-10-5-6-11(23-10)12(18)22/h1-4,10-11H,5-7H2,(H2,18,22)(H3,19,20,21). The summed E-state index contributed by atoms with van der Waals surface area (Å²) in [6.07, 6.45) is -4.39. The highest BCUT2D eigenvalue weighted by Gasteiger charge is 2.31. The molecule has 0 spiro atoms. The second-order valence-electron chi connectivity index (χ2n) is 5.15. The summed E-state index contributed by atoms with van der Waals surface area (Å²) in [5.74, 6) is -0.764. The molecule has 10 heteroatoms. The maximum atomic E-state index is 12.1. The van der Waals surface area contributed by atoms with Crippen LogP contribution in [0.15, 0.2) is 29.3 Å². The van der Waals surface area contributed by atoms with E-state index in [1.807, 2.05) is 0 Å². The minimum Gasteiger partial charge on any atom is -0.406 e. The van der Waals surface area contributed by atoms with E-state index in [2.05, 4.69) is 15.0 Å². The number of nitrogens with zero attached hydrogens (tertiary/aromatic N) is 1. The predicted molar refractivity (Wildman–Crippen MR) is 80.3 cm³/mol. The van der Waals surface area contributed by atoms with E-state index in [1.165, 1.54) is 12.1 Å². The normalized spacial score (nSPS) is 21.5. The van der Waals surface area contributed by atoms with Crippen LogP contribution in [-0.4, -0.2) is 37.0 Å². The smallest absolute Gasteiger partial charge is 0.406 e. The zero-order valence-corrected chi connectivity index (χ0v) is 12.5. The molecule has 0 aromatic heterocycles. The zero-order chi connectivity index (χ0) is 17.7. The number of nitrogens with one attached hydrogen (secondary N) is 1. The minimum atomic E-state index is -4.74. The second kappa shape index (κ2) is 7.39. The summed E-state index contributed by atoms with van der Waals surface area (Å²) in [7, 11) is 0. The van der Waals surface area contributed by atoms with Gasteiger partial charge < -0.3 is 26.3 Å². The molecular formula is C14H17F3N4O3. The maximum Gasteiger partial charge on any atom is 0.573 e. The number of aliphatic imine (C=N–C) groups is 1. The van der Waals surface area contributed by atoms with Gasteiger partial charge in [-0.1, -0.05) is 0 Å². The molecule has 0 aliphatic carbocycles. The van der Waals surface area contributed by atoms with E-state index in [9.17, 15) is 18.0 Å². The van der Waals surface area contributed by atoms with Gasteiger partial charge in [-0.15, -0.1) is 13.2 Å². The van der Waals surface area contributed by atoms with Crippen molar-refractivity contribution in [2.24, 2.45) is 16.5 Å². The number of rotatable bonds is 5. The molecule has 7 nitrogen and oxygen atoms in total. The molecular weight excluding hydrogens is 329 g/mol. The molecule has 1 aromatic carbocycles. The first kappa shape index (κ1) is 17.9. The van der Waals surface area contributed by atoms with Crippen LogP contribution in [-0.2, 0) is 9.53 Å². The molecule has 1 saturated heterocycles. The predicted octanol–water partition coefficient (Wildman–Crippen LogP) is 1.34. The highest BCUT2D eigenvalue weighted by Crippen LogP contribution is 2.24. The van der Waals surface area contributed by atoms with Crippen LogP contribution in [0.3, 0.4) is 0 Å². The first-order valence-electron chi connectivity index (χ1n) is 7.10. The summed E-state index contributed by atoms with van der Waals surface area (Å²) < 4.78 is 45.3. The second-order valence-corrected chi connectivity index (χ2v) is 5.15. The fourth-order valence-electron chi connectivity index (χ4n) is 2.18. The number of guanidine groups is 1. The van der Waals surface area contributed by atoms with Gasteiger partial charge in [0.2, 0.25) is 5.91 Å². The average molecular weight is 346 g/mol. The Kier molecular flexibility index (Phi) is 5.50. The van der Waals surface area contributed by atoms with Crippen LogP contribution in [0.5, 0.6) is 5.75 Å². The number of anilines is 1. The molecule has 1 fully saturated rings. The average Bonchev–Trinajstić information content (AvgIpc) is 2.95. The summed E-state index contributed by atoms with van der Waals surface area (Å²) in [4.78, 5) is 15.1. The molecule has 1 aliphatic rings. The van der Waals surface area contributed by atoms with Gasteiger partial charge in [-0.2, -0.15) is 0 Å². The number of amides is 1. The van der Waals surface area contributed by atoms with Gasteiger partial charge in [-0.25, -0.2) is 0 Å². The lowest BCUT2D eigenvalue weighted by Gasteiger charge is -2.11. The van der Waals surface area contributed by atoms with Gasteiger partial charge in [0, 0.05) is 5.69 Å². The zero-order valence-electron chi connectivity index (χ0n) is 12.5. The maximum absolute atomic E-state index is 12.1. The van der Waals surface area contributed by atoms with Gasteiger partial charge in [-0.3, -0.25) is 9.79 Å².